The maximum atomic E-state index is 10.7. The Bertz CT molecular complexity index is 350. The lowest BCUT2D eigenvalue weighted by Crippen LogP contribution is -2.06. The number of hydrogen-bond donors (Lipinski definition) is 0. The topological polar surface area (TPSA) is 61.8 Å². The number of rotatable bonds is 5. The summed E-state index contributed by atoms with van der Waals surface area (Å²) in [6.45, 7) is 13.7. The minimum Gasteiger partial charge on any atom is -0.466 e. The van der Waals surface area contributed by atoms with Gasteiger partial charge in [0.15, 0.2) is 9.76 Å². The fourth-order valence-corrected chi connectivity index (χ4v) is 2.46. The van der Waals surface area contributed by atoms with Gasteiger partial charge in [0.25, 0.3) is 0 Å². The number of hydrogen-bond acceptors (Lipinski definition) is 5. The number of ether oxygens (including phenoxy) is 2. The van der Waals surface area contributed by atoms with Gasteiger partial charge < -0.3 is 13.9 Å². The zero-order valence-corrected chi connectivity index (χ0v) is 16.5. The zero-order valence-electron chi connectivity index (χ0n) is 15.1. The molecule has 23 heavy (non-hydrogen) atoms. The summed E-state index contributed by atoms with van der Waals surface area (Å²) in [7, 11) is 1.34. The van der Waals surface area contributed by atoms with Crippen LogP contribution in [0.5, 0.6) is 0 Å². The summed E-state index contributed by atoms with van der Waals surface area (Å²) in [5, 5.41) is 0. The van der Waals surface area contributed by atoms with Crippen LogP contribution in [0.15, 0.2) is 24.3 Å². The van der Waals surface area contributed by atoms with Gasteiger partial charge in [-0.3, -0.25) is 0 Å². The highest BCUT2D eigenvalue weighted by Crippen LogP contribution is 2.01. The minimum absolute atomic E-state index is 0.00849. The van der Waals surface area contributed by atoms with Crippen LogP contribution in [0, 0.1) is 0 Å². The summed E-state index contributed by atoms with van der Waals surface area (Å²) >= 11 is 0. The summed E-state index contributed by atoms with van der Waals surface area (Å²) in [4.78, 5) is 20.9. The van der Waals surface area contributed by atoms with Crippen molar-refractivity contribution in [3.05, 3.63) is 24.3 Å². The third kappa shape index (κ3) is 18.5. The van der Waals surface area contributed by atoms with Crippen LogP contribution in [0.25, 0.3) is 0 Å². The van der Waals surface area contributed by atoms with Crippen molar-refractivity contribution in [2.24, 2.45) is 0 Å². The van der Waals surface area contributed by atoms with E-state index in [4.69, 9.17) is 9.16 Å². The highest BCUT2D eigenvalue weighted by atomic mass is 28.2. The van der Waals surface area contributed by atoms with Gasteiger partial charge in [0, 0.05) is 17.8 Å². The molecule has 1 rings (SSSR count). The molecule has 0 aromatic carbocycles. The molecule has 5 nitrogen and oxygen atoms in total. The molecule has 1 saturated heterocycles. The molecule has 0 aromatic rings. The van der Waals surface area contributed by atoms with Gasteiger partial charge >= 0.3 is 11.9 Å². The minimum atomic E-state index is -0.347. The van der Waals surface area contributed by atoms with E-state index in [1.165, 1.54) is 26.0 Å². The fraction of sp³-hybridized carbons (Fsp3) is 0.647. The van der Waals surface area contributed by atoms with Crippen LogP contribution in [-0.2, 0) is 23.5 Å². The third-order valence-corrected chi connectivity index (χ3v) is 4.06. The lowest BCUT2D eigenvalue weighted by molar-refractivity contribution is -0.139. The van der Waals surface area contributed by atoms with Gasteiger partial charge in [-0.25, -0.2) is 9.59 Å². The first-order valence-electron chi connectivity index (χ1n) is 8.00. The Hall–Kier alpha value is -1.40. The van der Waals surface area contributed by atoms with E-state index in [9.17, 15) is 9.59 Å². The number of carbonyl (C=O) groups is 2. The first-order chi connectivity index (χ1) is 10.9. The predicted molar refractivity (Wildman–Crippen MR) is 96.0 cm³/mol. The van der Waals surface area contributed by atoms with Crippen molar-refractivity contribution < 1.29 is 23.5 Å². The number of methoxy groups -OCH3 is 1. The summed E-state index contributed by atoms with van der Waals surface area (Å²) in [6.07, 6.45) is 4.72. The lowest BCUT2D eigenvalue weighted by Gasteiger charge is -2.07. The van der Waals surface area contributed by atoms with Gasteiger partial charge in [-0.1, -0.05) is 32.9 Å². The van der Waals surface area contributed by atoms with Crippen molar-refractivity contribution in [1.82, 2.24) is 0 Å². The van der Waals surface area contributed by atoms with E-state index in [2.05, 4.69) is 24.8 Å². The van der Waals surface area contributed by atoms with E-state index in [0.717, 1.165) is 19.4 Å². The van der Waals surface area contributed by atoms with E-state index < -0.39 is 0 Å². The van der Waals surface area contributed by atoms with Crippen molar-refractivity contribution in [3.8, 4) is 0 Å². The van der Waals surface area contributed by atoms with Crippen LogP contribution in [0.4, 0.5) is 0 Å². The van der Waals surface area contributed by atoms with Crippen molar-refractivity contribution >= 4 is 21.7 Å². The molecule has 0 spiro atoms. The van der Waals surface area contributed by atoms with E-state index in [0.29, 0.717) is 17.8 Å². The van der Waals surface area contributed by atoms with Gasteiger partial charge in [-0.05, 0) is 32.7 Å². The van der Waals surface area contributed by atoms with Crippen LogP contribution >= 0.6 is 0 Å². The standard InChI is InChI=1S/C8H14O2.C5H8O2.C4H10OSi/c1-4-5-6-10-8(9)7(2)3;1-4(2)5(6)7-3;1-2-4-6-5-3-1/h2,4-6H2,1,3H3;1H2,2-3H3;1-4,6H2. The predicted octanol–water partition coefficient (Wildman–Crippen LogP) is 2.94. The second-order valence-electron chi connectivity index (χ2n) is 5.21. The number of carbonyl (C=O) groups excluding carboxylic acids is 2. The molecule has 0 saturated carbocycles. The Morgan fingerprint density at radius 2 is 1.74 bits per heavy atom. The first-order valence-corrected chi connectivity index (χ1v) is 9.58. The maximum Gasteiger partial charge on any atom is 0.333 e. The molecule has 0 atom stereocenters. The van der Waals surface area contributed by atoms with Crippen LogP contribution in [0.3, 0.4) is 0 Å². The average Bonchev–Trinajstić information content (AvgIpc) is 2.56. The summed E-state index contributed by atoms with van der Waals surface area (Å²) < 4.78 is 14.3. The Labute approximate surface area is 143 Å². The molecule has 1 aliphatic heterocycles. The monoisotopic (exact) mass is 344 g/mol. The van der Waals surface area contributed by atoms with Gasteiger partial charge in [0.2, 0.25) is 0 Å². The molecule has 0 bridgehead atoms. The molecule has 0 radical (unpaired) electrons. The Morgan fingerprint density at radius 1 is 1.13 bits per heavy atom. The van der Waals surface area contributed by atoms with Crippen molar-refractivity contribution in [2.75, 3.05) is 20.3 Å². The van der Waals surface area contributed by atoms with E-state index >= 15 is 0 Å². The second kappa shape index (κ2) is 17.0. The molecule has 0 unspecified atom stereocenters. The quantitative estimate of drug-likeness (QED) is 0.332. The van der Waals surface area contributed by atoms with Crippen molar-refractivity contribution in [2.45, 2.75) is 52.5 Å². The molecule has 134 valence electrons. The molecule has 1 heterocycles. The zero-order chi connectivity index (χ0) is 18.1. The number of unbranched alkanes of at least 4 members (excludes halogenated alkanes) is 1. The van der Waals surface area contributed by atoms with Gasteiger partial charge in [-0.15, -0.1) is 0 Å². The molecule has 0 amide bonds. The lowest BCUT2D eigenvalue weighted by atomic mass is 10.3. The second-order valence-corrected chi connectivity index (χ2v) is 6.74. The van der Waals surface area contributed by atoms with E-state index in [-0.39, 0.29) is 21.7 Å². The number of esters is 2. The SMILES string of the molecule is C1CC[SiH2]OC1.C=C(C)C(=O)OC.C=C(C)C(=O)OCCCC. The van der Waals surface area contributed by atoms with Gasteiger partial charge in [0.05, 0.1) is 13.7 Å². The Balaban J connectivity index is 0. The van der Waals surface area contributed by atoms with Crippen molar-refractivity contribution in [1.29, 1.82) is 0 Å². The maximum absolute atomic E-state index is 10.7. The van der Waals surface area contributed by atoms with E-state index in [1.54, 1.807) is 13.8 Å². The molecule has 0 aliphatic carbocycles. The molecule has 0 aromatic heterocycles. The van der Waals surface area contributed by atoms with Gasteiger partial charge in [-0.2, -0.15) is 0 Å². The fourth-order valence-electron chi connectivity index (χ4n) is 1.29. The summed E-state index contributed by atoms with van der Waals surface area (Å²) in [6, 6.07) is 1.42. The largest absolute Gasteiger partial charge is 0.466 e. The average molecular weight is 345 g/mol. The van der Waals surface area contributed by atoms with Crippen LogP contribution in [0.1, 0.15) is 46.5 Å². The molecule has 6 heteroatoms. The molecular weight excluding hydrogens is 312 g/mol. The highest BCUT2D eigenvalue weighted by molar-refractivity contribution is 6.27. The Kier molecular flexibility index (Phi) is 17.6. The van der Waals surface area contributed by atoms with E-state index in [1.807, 2.05) is 0 Å². The van der Waals surface area contributed by atoms with Crippen LogP contribution in [0.2, 0.25) is 6.04 Å². The van der Waals surface area contributed by atoms with Gasteiger partial charge in [0.1, 0.15) is 0 Å². The summed E-state index contributed by atoms with van der Waals surface area (Å²) in [5.41, 5.74) is 0.901. The van der Waals surface area contributed by atoms with Crippen LogP contribution in [-0.4, -0.2) is 42.0 Å². The highest BCUT2D eigenvalue weighted by Gasteiger charge is 2.00. The Morgan fingerprint density at radius 3 is 1.96 bits per heavy atom. The van der Waals surface area contributed by atoms with Crippen LogP contribution < -0.4 is 0 Å². The third-order valence-electron chi connectivity index (χ3n) is 2.69. The first kappa shape index (κ1) is 23.9. The molecule has 1 aliphatic rings. The molecule has 1 fully saturated rings. The summed E-state index contributed by atoms with van der Waals surface area (Å²) in [5.74, 6) is -0.631. The van der Waals surface area contributed by atoms with Crippen molar-refractivity contribution in [3.63, 3.8) is 0 Å². The molecular formula is C17H32O5Si. The smallest absolute Gasteiger partial charge is 0.333 e. The molecule has 0 N–H and O–H groups in total. The normalized spacial score (nSPS) is 13.6.